The van der Waals surface area contributed by atoms with Crippen molar-refractivity contribution in [1.29, 1.82) is 0 Å². The molecule has 0 saturated carbocycles. The van der Waals surface area contributed by atoms with Gasteiger partial charge in [-0.05, 0) is 45.0 Å². The Balaban J connectivity index is 1.97. The van der Waals surface area contributed by atoms with E-state index in [9.17, 15) is 4.79 Å². The van der Waals surface area contributed by atoms with Crippen molar-refractivity contribution in [2.75, 3.05) is 19.7 Å². The number of aromatic nitrogens is 2. The molecule has 5 heteroatoms. The maximum atomic E-state index is 12.0. The molecule has 2 heterocycles. The molecule has 1 aromatic heterocycles. The summed E-state index contributed by atoms with van der Waals surface area (Å²) < 4.78 is 5.09. The molecule has 0 bridgehead atoms. The lowest BCUT2D eigenvalue weighted by Crippen LogP contribution is -2.27. The number of para-hydroxylation sites is 1. The number of carbonyl (C=O) groups excluding carboxylic acids is 1. The summed E-state index contributed by atoms with van der Waals surface area (Å²) in [5, 5.41) is 3.35. The van der Waals surface area contributed by atoms with Crippen molar-refractivity contribution < 1.29 is 9.53 Å². The van der Waals surface area contributed by atoms with Crippen LogP contribution in [-0.4, -0.2) is 35.6 Å². The van der Waals surface area contributed by atoms with Crippen LogP contribution in [0, 0.1) is 0 Å². The van der Waals surface area contributed by atoms with E-state index < -0.39 is 0 Å². The second-order valence-electron chi connectivity index (χ2n) is 5.07. The quantitative estimate of drug-likeness (QED) is 0.841. The van der Waals surface area contributed by atoms with E-state index in [1.807, 2.05) is 19.1 Å². The molecule has 2 N–H and O–H groups in total. The van der Waals surface area contributed by atoms with Crippen molar-refractivity contribution in [3.05, 3.63) is 29.6 Å². The molecule has 5 nitrogen and oxygen atoms in total. The van der Waals surface area contributed by atoms with Gasteiger partial charge in [-0.1, -0.05) is 6.07 Å². The van der Waals surface area contributed by atoms with Crippen LogP contribution >= 0.6 is 0 Å². The Bertz CT molecular complexity index is 615. The van der Waals surface area contributed by atoms with Gasteiger partial charge in [-0.25, -0.2) is 9.78 Å². The lowest BCUT2D eigenvalue weighted by atomic mass is 9.98. The van der Waals surface area contributed by atoms with E-state index >= 15 is 0 Å². The van der Waals surface area contributed by atoms with Crippen molar-refractivity contribution in [3.8, 4) is 0 Å². The minimum atomic E-state index is -0.304. The molecule has 1 saturated heterocycles. The van der Waals surface area contributed by atoms with Crippen LogP contribution in [0.4, 0.5) is 0 Å². The Kier molecular flexibility index (Phi) is 3.69. The molecule has 20 heavy (non-hydrogen) atoms. The largest absolute Gasteiger partial charge is 0.462 e. The summed E-state index contributed by atoms with van der Waals surface area (Å²) in [5.41, 5.74) is 2.17. The third-order valence-corrected chi connectivity index (χ3v) is 3.75. The summed E-state index contributed by atoms with van der Waals surface area (Å²) in [5.74, 6) is 1.12. The number of nitrogens with one attached hydrogen (secondary N) is 2. The van der Waals surface area contributed by atoms with E-state index in [0.29, 0.717) is 18.1 Å². The number of nitrogens with zero attached hydrogens (tertiary/aromatic N) is 1. The summed E-state index contributed by atoms with van der Waals surface area (Å²) in [6.45, 7) is 4.22. The van der Waals surface area contributed by atoms with Crippen LogP contribution in [0.15, 0.2) is 18.2 Å². The fourth-order valence-corrected chi connectivity index (χ4v) is 2.71. The second kappa shape index (κ2) is 5.63. The first-order valence-electron chi connectivity index (χ1n) is 7.16. The zero-order chi connectivity index (χ0) is 13.9. The third-order valence-electron chi connectivity index (χ3n) is 3.75. The van der Waals surface area contributed by atoms with Crippen molar-refractivity contribution in [2.45, 2.75) is 25.7 Å². The molecule has 1 aliphatic heterocycles. The highest BCUT2D eigenvalue weighted by Gasteiger charge is 2.21. The number of hydrogen-bond donors (Lipinski definition) is 2. The number of carbonyl (C=O) groups is 1. The van der Waals surface area contributed by atoms with Crippen LogP contribution in [-0.2, 0) is 4.74 Å². The first-order chi connectivity index (χ1) is 9.79. The smallest absolute Gasteiger partial charge is 0.340 e. The summed E-state index contributed by atoms with van der Waals surface area (Å²) in [4.78, 5) is 20.0. The van der Waals surface area contributed by atoms with E-state index in [-0.39, 0.29) is 5.97 Å². The van der Waals surface area contributed by atoms with E-state index in [0.717, 1.165) is 42.8 Å². The summed E-state index contributed by atoms with van der Waals surface area (Å²) in [6, 6.07) is 5.59. The standard InChI is InChI=1S/C15H19N3O2/c1-2-20-15(19)11-4-3-5-12-13(11)18-14(17-12)10-6-8-16-9-7-10/h3-5,10,16H,2,6-9H2,1H3,(H,17,18). The molecule has 1 aliphatic rings. The van der Waals surface area contributed by atoms with Gasteiger partial charge < -0.3 is 15.0 Å². The maximum Gasteiger partial charge on any atom is 0.340 e. The van der Waals surface area contributed by atoms with Gasteiger partial charge in [0.2, 0.25) is 0 Å². The van der Waals surface area contributed by atoms with E-state index in [4.69, 9.17) is 4.74 Å². The van der Waals surface area contributed by atoms with Crippen LogP contribution in [0.2, 0.25) is 0 Å². The zero-order valence-electron chi connectivity index (χ0n) is 11.6. The van der Waals surface area contributed by atoms with Gasteiger partial charge in [0, 0.05) is 5.92 Å². The predicted molar refractivity (Wildman–Crippen MR) is 76.9 cm³/mol. The number of H-pyrrole nitrogens is 1. The van der Waals surface area contributed by atoms with Crippen molar-refractivity contribution >= 4 is 17.0 Å². The molecule has 2 aromatic rings. The molecule has 0 atom stereocenters. The van der Waals surface area contributed by atoms with E-state index in [1.54, 1.807) is 6.07 Å². The average Bonchev–Trinajstić information content (AvgIpc) is 2.92. The number of rotatable bonds is 3. The highest BCUT2D eigenvalue weighted by atomic mass is 16.5. The molecule has 106 valence electrons. The van der Waals surface area contributed by atoms with Crippen LogP contribution in [0.3, 0.4) is 0 Å². The van der Waals surface area contributed by atoms with Gasteiger partial charge in [0.15, 0.2) is 0 Å². The SMILES string of the molecule is CCOC(=O)c1cccc2[nH]c(C3CCNCC3)nc12. The Morgan fingerprint density at radius 2 is 2.20 bits per heavy atom. The minimum absolute atomic E-state index is 0.304. The number of piperidine rings is 1. The van der Waals surface area contributed by atoms with E-state index in [1.165, 1.54) is 0 Å². The molecule has 0 radical (unpaired) electrons. The monoisotopic (exact) mass is 273 g/mol. The van der Waals surface area contributed by atoms with Gasteiger partial charge >= 0.3 is 5.97 Å². The van der Waals surface area contributed by atoms with Crippen LogP contribution in [0.5, 0.6) is 0 Å². The number of fused-ring (bicyclic) bond motifs is 1. The predicted octanol–water partition coefficient (Wildman–Crippen LogP) is 2.21. The number of hydrogen-bond acceptors (Lipinski definition) is 4. The molecule has 1 aromatic carbocycles. The summed E-state index contributed by atoms with van der Waals surface area (Å²) in [6.07, 6.45) is 2.16. The second-order valence-corrected chi connectivity index (χ2v) is 5.07. The van der Waals surface area contributed by atoms with Crippen LogP contribution in [0.25, 0.3) is 11.0 Å². The Morgan fingerprint density at radius 1 is 1.40 bits per heavy atom. The average molecular weight is 273 g/mol. The maximum absolute atomic E-state index is 12.0. The lowest BCUT2D eigenvalue weighted by molar-refractivity contribution is 0.0528. The fraction of sp³-hybridized carbons (Fsp3) is 0.467. The first-order valence-corrected chi connectivity index (χ1v) is 7.16. The van der Waals surface area contributed by atoms with Gasteiger partial charge in [-0.3, -0.25) is 0 Å². The molecule has 0 spiro atoms. The molecule has 0 amide bonds. The molecular weight excluding hydrogens is 254 g/mol. The number of imidazole rings is 1. The highest BCUT2D eigenvalue weighted by molar-refractivity contribution is 6.01. The van der Waals surface area contributed by atoms with Crippen LogP contribution < -0.4 is 5.32 Å². The Hall–Kier alpha value is -1.88. The topological polar surface area (TPSA) is 67.0 Å². The number of ether oxygens (including phenoxy) is 1. The summed E-state index contributed by atoms with van der Waals surface area (Å²) >= 11 is 0. The number of benzene rings is 1. The minimum Gasteiger partial charge on any atom is -0.462 e. The lowest BCUT2D eigenvalue weighted by Gasteiger charge is -2.20. The van der Waals surface area contributed by atoms with Gasteiger partial charge in [0.1, 0.15) is 11.3 Å². The number of aromatic amines is 1. The third kappa shape index (κ3) is 2.41. The molecule has 0 aliphatic carbocycles. The van der Waals surface area contributed by atoms with Gasteiger partial charge in [0.05, 0.1) is 17.7 Å². The van der Waals surface area contributed by atoms with Crippen molar-refractivity contribution in [2.24, 2.45) is 0 Å². The van der Waals surface area contributed by atoms with Crippen molar-refractivity contribution in [1.82, 2.24) is 15.3 Å². The van der Waals surface area contributed by atoms with Gasteiger partial charge in [-0.15, -0.1) is 0 Å². The van der Waals surface area contributed by atoms with Crippen molar-refractivity contribution in [3.63, 3.8) is 0 Å². The fourth-order valence-electron chi connectivity index (χ4n) is 2.71. The Morgan fingerprint density at radius 3 is 2.95 bits per heavy atom. The number of esters is 1. The molecular formula is C15H19N3O2. The first kappa shape index (κ1) is 13.1. The molecule has 1 fully saturated rings. The molecule has 3 rings (SSSR count). The van der Waals surface area contributed by atoms with Gasteiger partial charge in [-0.2, -0.15) is 0 Å². The van der Waals surface area contributed by atoms with Crippen LogP contribution in [0.1, 0.15) is 41.9 Å². The zero-order valence-corrected chi connectivity index (χ0v) is 11.6. The van der Waals surface area contributed by atoms with Gasteiger partial charge in [0.25, 0.3) is 0 Å². The van der Waals surface area contributed by atoms with E-state index in [2.05, 4.69) is 15.3 Å². The molecule has 0 unspecified atom stereocenters. The normalized spacial score (nSPS) is 16.4. The Labute approximate surface area is 117 Å². The summed E-state index contributed by atoms with van der Waals surface area (Å²) in [7, 11) is 0. The highest BCUT2D eigenvalue weighted by Crippen LogP contribution is 2.26.